The van der Waals surface area contributed by atoms with Gasteiger partial charge in [0.2, 0.25) is 0 Å². The first-order chi connectivity index (χ1) is 21.8. The van der Waals surface area contributed by atoms with E-state index >= 15 is 0 Å². The monoisotopic (exact) mass is 796 g/mol. The van der Waals surface area contributed by atoms with Crippen LogP contribution in [0.2, 0.25) is 0 Å². The minimum absolute atomic E-state index is 0.0590. The summed E-state index contributed by atoms with van der Waals surface area (Å²) in [5, 5.41) is -7.78. The molecule has 4 nitrogen and oxygen atoms in total. The average Bonchev–Trinajstić information content (AvgIpc) is 2.98. The van der Waals surface area contributed by atoms with Crippen molar-refractivity contribution in [1.29, 1.82) is 0 Å². The standard InChI is InChI=1S/C12H22.C8HF17O3S.C6H10OS/c1-3-7-11(8-4-1)12-9-5-2-6-10-12;9-1(10,3(13,14)5(17,18)7(21,22)23)2(11,12)4(15,16)6(19,20)8(24,25)29(26,27)28;7-5-3-1-2-4-6(5)8/h11-12H,1-10H2;(H,26,27,28);6,8H,1-4H2. The van der Waals surface area contributed by atoms with Gasteiger partial charge in [0.25, 0.3) is 0 Å². The van der Waals surface area contributed by atoms with Crippen molar-refractivity contribution >= 4 is 28.5 Å². The first-order valence-electron chi connectivity index (χ1n) is 14.7. The molecule has 1 N–H and O–H groups in total. The maximum atomic E-state index is 13.0. The van der Waals surface area contributed by atoms with E-state index in [1.807, 2.05) is 0 Å². The second kappa shape index (κ2) is 15.8. The summed E-state index contributed by atoms with van der Waals surface area (Å²) >= 11 is 4.11. The van der Waals surface area contributed by atoms with Crippen LogP contribution in [-0.4, -0.2) is 71.0 Å². The van der Waals surface area contributed by atoms with Crippen LogP contribution in [-0.2, 0) is 14.9 Å². The third-order valence-electron chi connectivity index (χ3n) is 8.51. The normalized spacial score (nSPS) is 22.1. The molecule has 0 saturated heterocycles. The zero-order valence-electron chi connectivity index (χ0n) is 25.1. The molecule has 0 aromatic carbocycles. The predicted molar refractivity (Wildman–Crippen MR) is 142 cm³/mol. The molecule has 0 bridgehead atoms. The molecule has 0 heterocycles. The summed E-state index contributed by atoms with van der Waals surface area (Å²) in [5.41, 5.74) is 0. The molecule has 1 atom stereocenters. The van der Waals surface area contributed by atoms with E-state index in [0.29, 0.717) is 5.78 Å². The molecule has 3 aliphatic rings. The van der Waals surface area contributed by atoms with Crippen molar-refractivity contribution in [3.8, 4) is 0 Å². The Hall–Kier alpha value is -1.26. The fourth-order valence-corrected chi connectivity index (χ4v) is 6.25. The molecule has 0 aliphatic heterocycles. The maximum absolute atomic E-state index is 13.0. The highest BCUT2D eigenvalue weighted by Gasteiger charge is 2.96. The minimum atomic E-state index is -8.89. The van der Waals surface area contributed by atoms with E-state index < -0.39 is 57.1 Å². The van der Waals surface area contributed by atoms with E-state index in [4.69, 9.17) is 4.55 Å². The number of hydrogen-bond donors (Lipinski definition) is 2. The van der Waals surface area contributed by atoms with E-state index in [0.717, 1.165) is 31.1 Å². The molecule has 23 heteroatoms. The average molecular weight is 797 g/mol. The number of ketones is 1. The summed E-state index contributed by atoms with van der Waals surface area (Å²) in [5.74, 6) is -49.4. The van der Waals surface area contributed by atoms with Gasteiger partial charge in [0.05, 0.1) is 5.25 Å². The van der Waals surface area contributed by atoms with Crippen LogP contribution in [0.1, 0.15) is 89.9 Å². The molecule has 0 spiro atoms. The van der Waals surface area contributed by atoms with Gasteiger partial charge in [0, 0.05) is 6.42 Å². The van der Waals surface area contributed by atoms with Gasteiger partial charge in [-0.3, -0.25) is 9.35 Å². The van der Waals surface area contributed by atoms with E-state index in [1.165, 1.54) is 44.9 Å². The summed E-state index contributed by atoms with van der Waals surface area (Å²) in [4.78, 5) is 10.7. The van der Waals surface area contributed by atoms with Crippen LogP contribution in [0.25, 0.3) is 0 Å². The molecule has 292 valence electrons. The number of rotatable bonds is 8. The van der Waals surface area contributed by atoms with Crippen molar-refractivity contribution in [2.45, 2.75) is 142 Å². The second-order valence-corrected chi connectivity index (χ2v) is 14.0. The minimum Gasteiger partial charge on any atom is -0.298 e. The largest absolute Gasteiger partial charge is 0.460 e. The highest BCUT2D eigenvalue weighted by atomic mass is 32.2. The molecule has 0 aromatic rings. The van der Waals surface area contributed by atoms with Crippen molar-refractivity contribution in [1.82, 2.24) is 0 Å². The summed E-state index contributed by atoms with van der Waals surface area (Å²) in [6.45, 7) is 0. The van der Waals surface area contributed by atoms with E-state index in [-0.39, 0.29) is 5.25 Å². The Kier molecular flexibility index (Phi) is 14.7. The summed E-state index contributed by atoms with van der Waals surface area (Å²) in [6.07, 6.45) is 11.5. The third-order valence-corrected chi connectivity index (χ3v) is 9.96. The van der Waals surface area contributed by atoms with Gasteiger partial charge in [-0.2, -0.15) is 95.7 Å². The third kappa shape index (κ3) is 9.04. The fourth-order valence-electron chi connectivity index (χ4n) is 5.49. The number of hydrogen-bond acceptors (Lipinski definition) is 4. The van der Waals surface area contributed by atoms with Gasteiger partial charge in [-0.05, 0) is 24.7 Å². The lowest BCUT2D eigenvalue weighted by Crippen LogP contribution is -2.74. The highest BCUT2D eigenvalue weighted by molar-refractivity contribution is 7.87. The Morgan fingerprint density at radius 1 is 0.490 bits per heavy atom. The van der Waals surface area contributed by atoms with Crippen molar-refractivity contribution in [3.05, 3.63) is 0 Å². The van der Waals surface area contributed by atoms with Gasteiger partial charge >= 0.3 is 57.1 Å². The molecule has 3 saturated carbocycles. The van der Waals surface area contributed by atoms with Crippen molar-refractivity contribution in [2.75, 3.05) is 0 Å². The van der Waals surface area contributed by atoms with Crippen LogP contribution < -0.4 is 0 Å². The summed E-state index contributed by atoms with van der Waals surface area (Å²) in [6, 6.07) is 0. The summed E-state index contributed by atoms with van der Waals surface area (Å²) in [7, 11) is -7.89. The zero-order chi connectivity index (χ0) is 38.7. The molecule has 3 rings (SSSR count). The predicted octanol–water partition coefficient (Wildman–Crippen LogP) is 10.4. The van der Waals surface area contributed by atoms with Gasteiger partial charge in [0.15, 0.2) is 0 Å². The lowest BCUT2D eigenvalue weighted by molar-refractivity contribution is -0.458. The molecular formula is C26H33F17O4S2. The first-order valence-corrected chi connectivity index (χ1v) is 16.6. The number of thiol groups is 1. The number of carbonyl (C=O) groups excluding carboxylic acids is 1. The van der Waals surface area contributed by atoms with Crippen LogP contribution in [0.5, 0.6) is 0 Å². The van der Waals surface area contributed by atoms with Crippen LogP contribution in [0, 0.1) is 11.8 Å². The van der Waals surface area contributed by atoms with Gasteiger partial charge in [-0.1, -0.05) is 70.6 Å². The number of alkyl halides is 17. The van der Waals surface area contributed by atoms with Crippen molar-refractivity contribution in [2.24, 2.45) is 11.8 Å². The van der Waals surface area contributed by atoms with Crippen LogP contribution in [0.15, 0.2) is 0 Å². The van der Waals surface area contributed by atoms with Gasteiger partial charge in [-0.25, -0.2) is 0 Å². The van der Waals surface area contributed by atoms with Crippen molar-refractivity contribution < 1.29 is 92.4 Å². The molecule has 0 aromatic heterocycles. The molecule has 0 amide bonds. The molecule has 3 aliphatic carbocycles. The van der Waals surface area contributed by atoms with Crippen LogP contribution in [0.3, 0.4) is 0 Å². The highest BCUT2D eigenvalue weighted by Crippen LogP contribution is 2.64. The van der Waals surface area contributed by atoms with Crippen LogP contribution >= 0.6 is 12.6 Å². The molecule has 0 radical (unpaired) electrons. The van der Waals surface area contributed by atoms with Gasteiger partial charge < -0.3 is 0 Å². The molecule has 3 fully saturated rings. The Bertz CT molecular complexity index is 1180. The summed E-state index contributed by atoms with van der Waals surface area (Å²) < 4.78 is 242. The van der Waals surface area contributed by atoms with Crippen LogP contribution in [0.4, 0.5) is 74.6 Å². The Morgan fingerprint density at radius 2 is 0.796 bits per heavy atom. The fraction of sp³-hybridized carbons (Fsp3) is 0.962. The maximum Gasteiger partial charge on any atom is 0.460 e. The van der Waals surface area contributed by atoms with Crippen molar-refractivity contribution in [3.63, 3.8) is 0 Å². The number of carbonyl (C=O) groups is 1. The lowest BCUT2D eigenvalue weighted by atomic mass is 9.73. The molecule has 49 heavy (non-hydrogen) atoms. The molecule has 1 unspecified atom stereocenters. The molecular weight excluding hydrogens is 763 g/mol. The van der Waals surface area contributed by atoms with E-state index in [2.05, 4.69) is 12.6 Å². The van der Waals surface area contributed by atoms with Gasteiger partial charge in [0.1, 0.15) is 5.78 Å². The smallest absolute Gasteiger partial charge is 0.298 e. The number of halogens is 17. The quantitative estimate of drug-likeness (QED) is 0.146. The first kappa shape index (κ1) is 45.8. The Morgan fingerprint density at radius 3 is 1.06 bits per heavy atom. The lowest BCUT2D eigenvalue weighted by Gasteiger charge is -2.42. The topological polar surface area (TPSA) is 71.4 Å². The zero-order valence-corrected chi connectivity index (χ0v) is 26.8. The Balaban J connectivity index is 0.000000477. The van der Waals surface area contributed by atoms with Gasteiger partial charge in [-0.15, -0.1) is 0 Å². The Labute approximate surface area is 275 Å². The second-order valence-electron chi connectivity index (χ2n) is 12.0. The van der Waals surface area contributed by atoms with E-state index in [1.54, 1.807) is 25.7 Å². The van der Waals surface area contributed by atoms with E-state index in [9.17, 15) is 87.8 Å². The SMILES string of the molecule is C1CCC(C2CCCCC2)CC1.O=C1CCCCC1S.O=S(=O)(O)C(F)(F)C(F)(F)C(F)(F)C(F)(F)C(F)(F)C(F)(F)C(F)(F)C(F)(F)F. The number of Topliss-reactive ketones (excluding diaryl/α,β-unsaturated/α-hetero) is 1.